The fourth-order valence-corrected chi connectivity index (χ4v) is 2.46. The fraction of sp³-hybridized carbons (Fsp3) is 0.615. The number of carbonyl (C=O) groups is 2. The molecule has 1 fully saturated rings. The minimum atomic E-state index is -1.09. The second-order valence-electron chi connectivity index (χ2n) is 5.26. The number of H-pyrrole nitrogens is 1. The van der Waals surface area contributed by atoms with E-state index >= 15 is 0 Å². The Labute approximate surface area is 122 Å². The number of hydrogen-bond acceptors (Lipinski definition) is 4. The number of nitrogens with zero attached hydrogens (tertiary/aromatic N) is 2. The van der Waals surface area contributed by atoms with E-state index in [1.54, 1.807) is 4.90 Å². The summed E-state index contributed by atoms with van der Waals surface area (Å²) in [4.78, 5) is 31.6. The summed E-state index contributed by atoms with van der Waals surface area (Å²) < 4.78 is 0. The fourth-order valence-electron chi connectivity index (χ4n) is 2.46. The number of amides is 2. The minimum absolute atomic E-state index is 0.0419. The second kappa shape index (κ2) is 7.07. The molecule has 21 heavy (non-hydrogen) atoms. The Bertz CT molecular complexity index is 477. The van der Waals surface area contributed by atoms with Crippen LogP contribution in [-0.2, 0) is 11.2 Å². The quantitative estimate of drug-likeness (QED) is 0.601. The first kappa shape index (κ1) is 15.3. The van der Waals surface area contributed by atoms with Gasteiger partial charge in [-0.15, -0.1) is 0 Å². The molecule has 8 nitrogen and oxygen atoms in total. The highest BCUT2D eigenvalue weighted by atomic mass is 16.4. The molecule has 116 valence electrons. The number of carboxylic acids is 1. The lowest BCUT2D eigenvalue weighted by molar-refractivity contribution is -0.139. The van der Waals surface area contributed by atoms with E-state index in [1.807, 2.05) is 0 Å². The predicted octanol–water partition coefficient (Wildman–Crippen LogP) is -0.181. The lowest BCUT2D eigenvalue weighted by Gasteiger charge is -2.32. The van der Waals surface area contributed by atoms with Crippen LogP contribution in [0.2, 0.25) is 0 Å². The van der Waals surface area contributed by atoms with Crippen molar-refractivity contribution >= 4 is 12.0 Å². The first-order valence-corrected chi connectivity index (χ1v) is 6.96. The van der Waals surface area contributed by atoms with Gasteiger partial charge in [0.15, 0.2) is 0 Å². The van der Waals surface area contributed by atoms with Crippen molar-refractivity contribution in [3.8, 4) is 0 Å². The number of urea groups is 1. The van der Waals surface area contributed by atoms with Crippen LogP contribution in [0.1, 0.15) is 18.5 Å². The van der Waals surface area contributed by atoms with Gasteiger partial charge in [0.2, 0.25) is 0 Å². The van der Waals surface area contributed by atoms with Crippen LogP contribution >= 0.6 is 0 Å². The van der Waals surface area contributed by atoms with Gasteiger partial charge in [0.05, 0.1) is 6.33 Å². The lowest BCUT2D eigenvalue weighted by Crippen LogP contribution is -2.51. The van der Waals surface area contributed by atoms with E-state index in [1.165, 1.54) is 12.5 Å². The van der Waals surface area contributed by atoms with Gasteiger partial charge in [0.1, 0.15) is 6.04 Å². The summed E-state index contributed by atoms with van der Waals surface area (Å²) in [6.07, 6.45) is 4.85. The Morgan fingerprint density at radius 3 is 3.00 bits per heavy atom. The molecule has 2 heterocycles. The van der Waals surface area contributed by atoms with Gasteiger partial charge < -0.3 is 25.4 Å². The van der Waals surface area contributed by atoms with Crippen molar-refractivity contribution in [2.24, 2.45) is 5.92 Å². The van der Waals surface area contributed by atoms with Gasteiger partial charge in [0.25, 0.3) is 0 Å². The molecule has 2 rings (SSSR count). The van der Waals surface area contributed by atoms with Crippen molar-refractivity contribution in [2.75, 3.05) is 19.7 Å². The number of aromatic amines is 1. The third-order valence-corrected chi connectivity index (χ3v) is 3.64. The molecule has 0 bridgehead atoms. The Balaban J connectivity index is 1.93. The van der Waals surface area contributed by atoms with Crippen LogP contribution in [0, 0.1) is 5.92 Å². The van der Waals surface area contributed by atoms with Crippen molar-refractivity contribution in [3.63, 3.8) is 0 Å². The highest BCUT2D eigenvalue weighted by Gasteiger charge is 2.27. The van der Waals surface area contributed by atoms with E-state index in [4.69, 9.17) is 5.11 Å². The Hall–Kier alpha value is -2.09. The summed E-state index contributed by atoms with van der Waals surface area (Å²) in [5.41, 5.74) is 0.648. The standard InChI is InChI=1S/C13H20N4O4/c18-7-9-2-1-3-17(6-9)13(21)16-11(12(19)20)4-10-5-14-8-15-10/h5,8-9,11,18H,1-4,6-7H2,(H,14,15)(H,16,21)(H,19,20). The van der Waals surface area contributed by atoms with Crippen LogP contribution < -0.4 is 5.32 Å². The first-order valence-electron chi connectivity index (χ1n) is 6.96. The van der Waals surface area contributed by atoms with Crippen molar-refractivity contribution in [1.82, 2.24) is 20.2 Å². The third-order valence-electron chi connectivity index (χ3n) is 3.64. The number of aliphatic hydroxyl groups excluding tert-OH is 1. The summed E-state index contributed by atoms with van der Waals surface area (Å²) in [6.45, 7) is 1.08. The van der Waals surface area contributed by atoms with Crippen LogP contribution in [0.3, 0.4) is 0 Å². The molecule has 1 aromatic rings. The third kappa shape index (κ3) is 4.19. The van der Waals surface area contributed by atoms with Gasteiger partial charge >= 0.3 is 12.0 Å². The topological polar surface area (TPSA) is 119 Å². The largest absolute Gasteiger partial charge is 0.480 e. The Morgan fingerprint density at radius 2 is 2.38 bits per heavy atom. The Kier molecular flexibility index (Phi) is 5.15. The van der Waals surface area contributed by atoms with E-state index in [9.17, 15) is 14.7 Å². The maximum absolute atomic E-state index is 12.1. The van der Waals surface area contributed by atoms with Gasteiger partial charge in [-0.25, -0.2) is 14.6 Å². The van der Waals surface area contributed by atoms with Gasteiger partial charge in [-0.2, -0.15) is 0 Å². The summed E-state index contributed by atoms with van der Waals surface area (Å²) in [5.74, 6) is -1.02. The number of aliphatic carboxylic acids is 1. The molecular weight excluding hydrogens is 276 g/mol. The highest BCUT2D eigenvalue weighted by Crippen LogP contribution is 2.15. The lowest BCUT2D eigenvalue weighted by atomic mass is 9.99. The zero-order valence-corrected chi connectivity index (χ0v) is 11.7. The predicted molar refractivity (Wildman–Crippen MR) is 73.6 cm³/mol. The summed E-state index contributed by atoms with van der Waals surface area (Å²) >= 11 is 0. The summed E-state index contributed by atoms with van der Waals surface area (Å²) in [6, 6.07) is -1.41. The number of nitrogens with one attached hydrogen (secondary N) is 2. The zero-order chi connectivity index (χ0) is 15.2. The molecule has 0 spiro atoms. The molecule has 0 radical (unpaired) electrons. The Morgan fingerprint density at radius 1 is 1.57 bits per heavy atom. The van der Waals surface area contributed by atoms with Crippen LogP contribution in [0.4, 0.5) is 4.79 Å². The van der Waals surface area contributed by atoms with Crippen molar-refractivity contribution in [3.05, 3.63) is 18.2 Å². The van der Waals surface area contributed by atoms with E-state index in [0.29, 0.717) is 18.8 Å². The van der Waals surface area contributed by atoms with Crippen LogP contribution in [0.25, 0.3) is 0 Å². The minimum Gasteiger partial charge on any atom is -0.480 e. The number of rotatable bonds is 5. The number of aliphatic hydroxyl groups is 1. The first-order chi connectivity index (χ1) is 10.1. The van der Waals surface area contributed by atoms with Gasteiger partial charge in [-0.1, -0.05) is 0 Å². The molecule has 8 heteroatoms. The molecule has 4 N–H and O–H groups in total. The number of aromatic nitrogens is 2. The zero-order valence-electron chi connectivity index (χ0n) is 11.7. The van der Waals surface area contributed by atoms with E-state index in [2.05, 4.69) is 15.3 Å². The maximum atomic E-state index is 12.1. The van der Waals surface area contributed by atoms with Crippen LogP contribution in [-0.4, -0.2) is 62.8 Å². The molecule has 1 aliphatic rings. The second-order valence-corrected chi connectivity index (χ2v) is 5.26. The smallest absolute Gasteiger partial charge is 0.326 e. The van der Waals surface area contributed by atoms with E-state index in [-0.39, 0.29) is 18.9 Å². The number of likely N-dealkylation sites (tertiary alicyclic amines) is 1. The molecule has 1 aliphatic heterocycles. The van der Waals surface area contributed by atoms with Crippen LogP contribution in [0.15, 0.2) is 12.5 Å². The average molecular weight is 296 g/mol. The van der Waals surface area contributed by atoms with Crippen molar-refractivity contribution in [1.29, 1.82) is 0 Å². The molecule has 2 atom stereocenters. The van der Waals surface area contributed by atoms with E-state index in [0.717, 1.165) is 12.8 Å². The molecule has 2 amide bonds. The normalized spacial score (nSPS) is 20.0. The average Bonchev–Trinajstić information content (AvgIpc) is 2.99. The molecule has 1 aromatic heterocycles. The number of hydrogen-bond donors (Lipinski definition) is 4. The monoisotopic (exact) mass is 296 g/mol. The van der Waals surface area contributed by atoms with E-state index < -0.39 is 18.0 Å². The molecule has 2 unspecified atom stereocenters. The summed E-state index contributed by atoms with van der Waals surface area (Å²) in [5, 5.41) is 20.9. The molecular formula is C13H20N4O4. The molecule has 0 aromatic carbocycles. The van der Waals surface area contributed by atoms with Gasteiger partial charge in [0, 0.05) is 38.0 Å². The summed E-state index contributed by atoms with van der Waals surface area (Å²) in [7, 11) is 0. The number of carboxylic acid groups (broad SMARTS) is 1. The van der Waals surface area contributed by atoms with Crippen molar-refractivity contribution in [2.45, 2.75) is 25.3 Å². The SMILES string of the molecule is O=C(O)C(Cc1cnc[nH]1)NC(=O)N1CCCC(CO)C1. The molecule has 0 aliphatic carbocycles. The van der Waals surface area contributed by atoms with Gasteiger partial charge in [-0.3, -0.25) is 0 Å². The highest BCUT2D eigenvalue weighted by molar-refractivity contribution is 5.82. The maximum Gasteiger partial charge on any atom is 0.326 e. The van der Waals surface area contributed by atoms with Crippen molar-refractivity contribution < 1.29 is 19.8 Å². The number of imidazole rings is 1. The number of piperidine rings is 1. The molecule has 1 saturated heterocycles. The van der Waals surface area contributed by atoms with Crippen LogP contribution in [0.5, 0.6) is 0 Å². The van der Waals surface area contributed by atoms with Gasteiger partial charge in [-0.05, 0) is 18.8 Å². The number of carbonyl (C=O) groups excluding carboxylic acids is 1. The molecule has 0 saturated carbocycles.